The Hall–Kier alpha value is -2.46. The van der Waals surface area contributed by atoms with Gasteiger partial charge in [0.25, 0.3) is 0 Å². The van der Waals surface area contributed by atoms with E-state index in [1.165, 1.54) is 19.1 Å². The Morgan fingerprint density at radius 3 is 2.67 bits per heavy atom. The van der Waals surface area contributed by atoms with Crippen LogP contribution in [-0.4, -0.2) is 58.5 Å². The molecule has 1 fully saturated rings. The van der Waals surface area contributed by atoms with Gasteiger partial charge in [0, 0.05) is 24.4 Å². The van der Waals surface area contributed by atoms with Crippen molar-refractivity contribution in [1.29, 1.82) is 0 Å². The number of rotatable bonds is 4. The zero-order valence-corrected chi connectivity index (χ0v) is 14.8. The molecule has 1 aromatic heterocycles. The fourth-order valence-corrected chi connectivity index (χ4v) is 3.08. The van der Waals surface area contributed by atoms with Crippen molar-refractivity contribution in [1.82, 2.24) is 5.32 Å². The van der Waals surface area contributed by atoms with Gasteiger partial charge >= 0.3 is 5.63 Å². The number of carbonyl (C=O) groups excluding carboxylic acids is 1. The molecule has 1 aromatic carbocycles. The molecule has 0 spiro atoms. The standard InChI is InChI=1S/C18H21NO8/c1-8-5-14(22)26-12-6-10(3-4-11(8)12)25-18-15(19-9(2)21)17(24)16(23)13(7-20)27-18/h3-6,13,15-18,20,23-24H,7H2,1-2H3,(H,19,21)/t13-,15-,16-,17-,18?/m1/s1. The topological polar surface area (TPSA) is 138 Å². The third-order valence-electron chi connectivity index (χ3n) is 4.43. The van der Waals surface area contributed by atoms with E-state index in [2.05, 4.69) is 5.32 Å². The Morgan fingerprint density at radius 1 is 1.26 bits per heavy atom. The number of aliphatic hydroxyl groups is 3. The first-order valence-electron chi connectivity index (χ1n) is 8.41. The molecule has 9 nitrogen and oxygen atoms in total. The van der Waals surface area contributed by atoms with E-state index in [0.29, 0.717) is 5.58 Å². The number of fused-ring (bicyclic) bond motifs is 1. The highest BCUT2D eigenvalue weighted by atomic mass is 16.7. The van der Waals surface area contributed by atoms with Gasteiger partial charge in [-0.2, -0.15) is 0 Å². The third kappa shape index (κ3) is 3.96. The normalized spacial score (nSPS) is 28.1. The van der Waals surface area contributed by atoms with Crippen molar-refractivity contribution in [3.8, 4) is 5.75 Å². The SMILES string of the molecule is CC(=O)N[C@H]1C(Oc2ccc3c(C)cc(=O)oc3c2)O[C@H](CO)[C@@H](O)[C@@H]1O. The van der Waals surface area contributed by atoms with Crippen LogP contribution < -0.4 is 15.7 Å². The van der Waals surface area contributed by atoms with Crippen LogP contribution in [0.25, 0.3) is 11.0 Å². The second-order valence-electron chi connectivity index (χ2n) is 6.46. The summed E-state index contributed by atoms with van der Waals surface area (Å²) in [5.41, 5.74) is 0.557. The van der Waals surface area contributed by atoms with Gasteiger partial charge in [0.2, 0.25) is 12.2 Å². The number of carbonyl (C=O) groups is 1. The first-order chi connectivity index (χ1) is 12.8. The Morgan fingerprint density at radius 2 is 2.00 bits per heavy atom. The zero-order valence-electron chi connectivity index (χ0n) is 14.8. The summed E-state index contributed by atoms with van der Waals surface area (Å²) in [5.74, 6) is -0.192. The largest absolute Gasteiger partial charge is 0.462 e. The average molecular weight is 379 g/mol. The van der Waals surface area contributed by atoms with E-state index >= 15 is 0 Å². The smallest absolute Gasteiger partial charge is 0.336 e. The summed E-state index contributed by atoms with van der Waals surface area (Å²) in [7, 11) is 0. The van der Waals surface area contributed by atoms with Gasteiger partial charge in [0.1, 0.15) is 35.7 Å². The van der Waals surface area contributed by atoms with Crippen LogP contribution in [0.2, 0.25) is 0 Å². The Bertz CT molecular complexity index is 895. The van der Waals surface area contributed by atoms with Crippen molar-refractivity contribution in [3.05, 3.63) is 40.2 Å². The summed E-state index contributed by atoms with van der Waals surface area (Å²) in [6.45, 7) is 2.48. The van der Waals surface area contributed by atoms with Gasteiger partial charge in [-0.15, -0.1) is 0 Å². The van der Waals surface area contributed by atoms with Crippen molar-refractivity contribution in [2.24, 2.45) is 0 Å². The van der Waals surface area contributed by atoms with E-state index in [9.17, 15) is 24.9 Å². The molecular weight excluding hydrogens is 358 g/mol. The number of aryl methyl sites for hydroxylation is 1. The second-order valence-corrected chi connectivity index (χ2v) is 6.46. The number of amides is 1. The fourth-order valence-electron chi connectivity index (χ4n) is 3.08. The van der Waals surface area contributed by atoms with Gasteiger partial charge in [0.15, 0.2) is 0 Å². The van der Waals surface area contributed by atoms with Gasteiger partial charge in [-0.1, -0.05) is 0 Å². The molecule has 1 unspecified atom stereocenters. The van der Waals surface area contributed by atoms with Crippen molar-refractivity contribution in [2.45, 2.75) is 44.5 Å². The maximum Gasteiger partial charge on any atom is 0.336 e. The molecule has 1 aliphatic rings. The lowest BCUT2D eigenvalue weighted by atomic mass is 9.97. The van der Waals surface area contributed by atoms with Crippen LogP contribution in [0.1, 0.15) is 12.5 Å². The Balaban J connectivity index is 1.91. The summed E-state index contributed by atoms with van der Waals surface area (Å²) in [4.78, 5) is 23.0. The Kier molecular flexibility index (Phi) is 5.47. The second kappa shape index (κ2) is 7.65. The number of benzene rings is 1. The van der Waals surface area contributed by atoms with Gasteiger partial charge in [-0.05, 0) is 24.6 Å². The molecule has 9 heteroatoms. The molecule has 2 aromatic rings. The van der Waals surface area contributed by atoms with Gasteiger partial charge < -0.3 is 34.5 Å². The predicted octanol–water partition coefficient (Wildman–Crippen LogP) is -0.576. The Labute approximate surface area is 154 Å². The number of hydrogen-bond donors (Lipinski definition) is 4. The molecule has 2 heterocycles. The molecule has 3 rings (SSSR count). The van der Waals surface area contributed by atoms with Crippen molar-refractivity contribution < 1.29 is 34.0 Å². The molecule has 0 radical (unpaired) electrons. The summed E-state index contributed by atoms with van der Waals surface area (Å²) in [5, 5.41) is 32.9. The monoisotopic (exact) mass is 379 g/mol. The number of aliphatic hydroxyl groups excluding tert-OH is 3. The molecule has 1 amide bonds. The lowest BCUT2D eigenvalue weighted by molar-refractivity contribution is -0.244. The molecule has 4 N–H and O–H groups in total. The molecule has 0 saturated carbocycles. The van der Waals surface area contributed by atoms with E-state index < -0.39 is 48.8 Å². The van der Waals surface area contributed by atoms with E-state index in [-0.39, 0.29) is 5.75 Å². The van der Waals surface area contributed by atoms with E-state index in [1.54, 1.807) is 19.1 Å². The van der Waals surface area contributed by atoms with Gasteiger partial charge in [-0.3, -0.25) is 4.79 Å². The van der Waals surface area contributed by atoms with Crippen LogP contribution in [0.5, 0.6) is 5.75 Å². The first-order valence-corrected chi connectivity index (χ1v) is 8.41. The molecule has 27 heavy (non-hydrogen) atoms. The van der Waals surface area contributed by atoms with E-state index in [1.807, 2.05) is 0 Å². The van der Waals surface area contributed by atoms with Crippen LogP contribution in [-0.2, 0) is 9.53 Å². The van der Waals surface area contributed by atoms with Crippen molar-refractivity contribution in [3.63, 3.8) is 0 Å². The molecule has 1 saturated heterocycles. The zero-order chi connectivity index (χ0) is 19.7. The number of ether oxygens (including phenoxy) is 2. The van der Waals surface area contributed by atoms with Gasteiger partial charge in [0.05, 0.1) is 6.61 Å². The fraction of sp³-hybridized carbons (Fsp3) is 0.444. The molecule has 0 aliphatic carbocycles. The lowest BCUT2D eigenvalue weighted by Gasteiger charge is -2.42. The summed E-state index contributed by atoms with van der Waals surface area (Å²) >= 11 is 0. The minimum Gasteiger partial charge on any atom is -0.462 e. The highest BCUT2D eigenvalue weighted by Gasteiger charge is 2.46. The highest BCUT2D eigenvalue weighted by Crippen LogP contribution is 2.27. The molecule has 0 bridgehead atoms. The average Bonchev–Trinajstić information content (AvgIpc) is 2.60. The molecular formula is C18H21NO8. The maximum absolute atomic E-state index is 11.6. The van der Waals surface area contributed by atoms with Crippen molar-refractivity contribution >= 4 is 16.9 Å². The van der Waals surface area contributed by atoms with Crippen LogP contribution in [0, 0.1) is 6.92 Å². The maximum atomic E-state index is 11.6. The number of hydrogen-bond acceptors (Lipinski definition) is 8. The first kappa shape index (κ1) is 19.3. The number of nitrogens with one attached hydrogen (secondary N) is 1. The molecule has 5 atom stereocenters. The van der Waals surface area contributed by atoms with Crippen LogP contribution in [0.3, 0.4) is 0 Å². The van der Waals surface area contributed by atoms with Crippen LogP contribution in [0.4, 0.5) is 0 Å². The summed E-state index contributed by atoms with van der Waals surface area (Å²) < 4.78 is 16.4. The molecule has 146 valence electrons. The van der Waals surface area contributed by atoms with Crippen LogP contribution in [0.15, 0.2) is 33.5 Å². The van der Waals surface area contributed by atoms with E-state index in [4.69, 9.17) is 13.9 Å². The van der Waals surface area contributed by atoms with Crippen molar-refractivity contribution in [2.75, 3.05) is 6.61 Å². The lowest BCUT2D eigenvalue weighted by Crippen LogP contribution is -2.65. The summed E-state index contributed by atoms with van der Waals surface area (Å²) in [6, 6.07) is 5.12. The van der Waals surface area contributed by atoms with Crippen LogP contribution >= 0.6 is 0 Å². The minimum atomic E-state index is -1.41. The third-order valence-corrected chi connectivity index (χ3v) is 4.43. The predicted molar refractivity (Wildman–Crippen MR) is 93.2 cm³/mol. The highest BCUT2D eigenvalue weighted by molar-refractivity contribution is 5.81. The minimum absolute atomic E-state index is 0.261. The van der Waals surface area contributed by atoms with Gasteiger partial charge in [-0.25, -0.2) is 4.79 Å². The van der Waals surface area contributed by atoms with E-state index in [0.717, 1.165) is 10.9 Å². The quantitative estimate of drug-likeness (QED) is 0.518. The summed E-state index contributed by atoms with van der Waals surface area (Å²) in [6.07, 6.45) is -5.08. The molecule has 1 aliphatic heterocycles.